The zero-order valence-electron chi connectivity index (χ0n) is 19.9. The molecule has 0 saturated heterocycles. The van der Waals surface area contributed by atoms with Gasteiger partial charge in [0.05, 0.1) is 24.4 Å². The molecule has 4 nitrogen and oxygen atoms in total. The fraction of sp³-hybridized carbons (Fsp3) is 0.778. The second kappa shape index (κ2) is 10.3. The molecule has 31 heavy (non-hydrogen) atoms. The summed E-state index contributed by atoms with van der Waals surface area (Å²) in [5, 5.41) is 29.8. The van der Waals surface area contributed by atoms with Crippen molar-refractivity contribution >= 4 is 0 Å². The van der Waals surface area contributed by atoms with Crippen LogP contribution in [-0.2, 0) is 4.74 Å². The fourth-order valence-corrected chi connectivity index (χ4v) is 6.35. The van der Waals surface area contributed by atoms with Crippen molar-refractivity contribution in [1.29, 1.82) is 0 Å². The number of hydrogen-bond donors (Lipinski definition) is 3. The van der Waals surface area contributed by atoms with Gasteiger partial charge in [0.2, 0.25) is 0 Å². The van der Waals surface area contributed by atoms with Gasteiger partial charge in [0, 0.05) is 6.61 Å². The van der Waals surface area contributed by atoms with E-state index in [1.165, 1.54) is 42.4 Å². The van der Waals surface area contributed by atoms with Crippen LogP contribution in [0.2, 0.25) is 0 Å². The van der Waals surface area contributed by atoms with E-state index >= 15 is 0 Å². The van der Waals surface area contributed by atoms with Crippen molar-refractivity contribution in [2.45, 2.75) is 103 Å². The van der Waals surface area contributed by atoms with Crippen molar-refractivity contribution in [2.75, 3.05) is 13.2 Å². The molecule has 3 aliphatic rings. The summed E-state index contributed by atoms with van der Waals surface area (Å²) in [5.74, 6) is 1.09. The van der Waals surface area contributed by atoms with Gasteiger partial charge < -0.3 is 20.1 Å². The maximum atomic E-state index is 9.96. The van der Waals surface area contributed by atoms with Gasteiger partial charge in [-0.15, -0.1) is 0 Å². The van der Waals surface area contributed by atoms with E-state index in [4.69, 9.17) is 4.74 Å². The van der Waals surface area contributed by atoms with Crippen LogP contribution in [0, 0.1) is 17.3 Å². The molecule has 0 heterocycles. The first kappa shape index (κ1) is 24.7. The molecular weight excluding hydrogens is 388 g/mol. The lowest BCUT2D eigenvalue weighted by Gasteiger charge is -2.43. The van der Waals surface area contributed by atoms with Crippen LogP contribution >= 0.6 is 0 Å². The van der Waals surface area contributed by atoms with E-state index in [0.29, 0.717) is 44.3 Å². The van der Waals surface area contributed by atoms with Gasteiger partial charge in [-0.3, -0.25) is 0 Å². The molecule has 176 valence electrons. The Morgan fingerprint density at radius 1 is 1.19 bits per heavy atom. The average Bonchev–Trinajstić information content (AvgIpc) is 3.02. The lowest BCUT2D eigenvalue weighted by atomic mass is 9.62. The lowest BCUT2D eigenvalue weighted by Crippen LogP contribution is -2.34. The monoisotopic (exact) mass is 432 g/mol. The van der Waals surface area contributed by atoms with Crippen molar-refractivity contribution in [3.05, 3.63) is 35.5 Å². The van der Waals surface area contributed by atoms with Gasteiger partial charge in [-0.05, 0) is 101 Å². The van der Waals surface area contributed by atoms with E-state index in [2.05, 4.69) is 25.7 Å². The standard InChI is InChI=1S/C27H44O4/c1-19(18-31-14-6-12-26(2,3)30)24-10-11-25-21(7-5-13-27(24,25)4)9-8-20-15-22(28)17-23(29)16-20/h8-9,22-25,28-30H,1,5-7,10-18H2,2-4H3/b21-9+/t22-,23-,24-,25+,27-/m1/s1. The smallest absolute Gasteiger partial charge is 0.0677 e. The molecule has 0 amide bonds. The highest BCUT2D eigenvalue weighted by atomic mass is 16.5. The van der Waals surface area contributed by atoms with Crippen LogP contribution in [0.15, 0.2) is 35.5 Å². The highest BCUT2D eigenvalue weighted by Crippen LogP contribution is 2.59. The Morgan fingerprint density at radius 3 is 2.58 bits per heavy atom. The average molecular weight is 433 g/mol. The number of aliphatic hydroxyl groups is 3. The van der Waals surface area contributed by atoms with Crippen molar-refractivity contribution in [2.24, 2.45) is 17.3 Å². The number of rotatable bonds is 8. The third kappa shape index (κ3) is 6.54. The summed E-state index contributed by atoms with van der Waals surface area (Å²) >= 11 is 0. The SMILES string of the molecule is C=C(COCCCC(C)(C)O)[C@H]1CC[C@H]2/C(=C/C=C3C[C@@H](O)C[C@H](O)C3)CCC[C@]12C. The number of fused-ring (bicyclic) bond motifs is 1. The predicted molar refractivity (Wildman–Crippen MR) is 126 cm³/mol. The van der Waals surface area contributed by atoms with Gasteiger partial charge in [0.1, 0.15) is 0 Å². The van der Waals surface area contributed by atoms with Gasteiger partial charge in [0.25, 0.3) is 0 Å². The molecule has 4 heteroatoms. The Kier molecular flexibility index (Phi) is 8.23. The Labute approximate surface area is 189 Å². The number of ether oxygens (including phenoxy) is 1. The summed E-state index contributed by atoms with van der Waals surface area (Å²) in [5.41, 5.74) is 3.57. The lowest BCUT2D eigenvalue weighted by molar-refractivity contribution is 0.0529. The minimum atomic E-state index is -0.625. The van der Waals surface area contributed by atoms with Crippen molar-refractivity contribution in [3.63, 3.8) is 0 Å². The molecule has 3 saturated carbocycles. The zero-order valence-corrected chi connectivity index (χ0v) is 19.9. The van der Waals surface area contributed by atoms with E-state index in [1.807, 2.05) is 13.8 Å². The maximum Gasteiger partial charge on any atom is 0.0677 e. The Balaban J connectivity index is 1.58. The molecule has 3 aliphatic carbocycles. The first-order valence-corrected chi connectivity index (χ1v) is 12.3. The summed E-state index contributed by atoms with van der Waals surface area (Å²) in [6, 6.07) is 0. The van der Waals surface area contributed by atoms with Gasteiger partial charge in [-0.1, -0.05) is 36.8 Å². The molecule has 0 aromatic carbocycles. The quantitative estimate of drug-likeness (QED) is 0.369. The predicted octanol–water partition coefficient (Wildman–Crippen LogP) is 5.09. The molecule has 0 radical (unpaired) electrons. The summed E-state index contributed by atoms with van der Waals surface area (Å²) in [6.07, 6.45) is 13.2. The van der Waals surface area contributed by atoms with Crippen molar-refractivity contribution in [1.82, 2.24) is 0 Å². The van der Waals surface area contributed by atoms with Crippen LogP contribution in [0.3, 0.4) is 0 Å². The van der Waals surface area contributed by atoms with E-state index in [9.17, 15) is 15.3 Å². The molecule has 0 aromatic rings. The third-order valence-corrected chi connectivity index (χ3v) is 7.89. The fourth-order valence-electron chi connectivity index (χ4n) is 6.35. The second-order valence-corrected chi connectivity index (χ2v) is 11.2. The van der Waals surface area contributed by atoms with Crippen LogP contribution in [0.25, 0.3) is 0 Å². The van der Waals surface area contributed by atoms with Crippen LogP contribution in [0.5, 0.6) is 0 Å². The van der Waals surface area contributed by atoms with Gasteiger partial charge in [0.15, 0.2) is 0 Å². The number of allylic oxidation sites excluding steroid dienone is 3. The first-order valence-electron chi connectivity index (χ1n) is 12.3. The van der Waals surface area contributed by atoms with Crippen LogP contribution in [0.4, 0.5) is 0 Å². The molecule has 0 unspecified atom stereocenters. The Morgan fingerprint density at radius 2 is 1.90 bits per heavy atom. The minimum Gasteiger partial charge on any atom is -0.393 e. The highest BCUT2D eigenvalue weighted by molar-refractivity contribution is 5.28. The summed E-state index contributed by atoms with van der Waals surface area (Å²) in [7, 11) is 0. The van der Waals surface area contributed by atoms with Crippen molar-refractivity contribution in [3.8, 4) is 0 Å². The maximum absolute atomic E-state index is 9.96. The molecule has 0 spiro atoms. The first-order chi connectivity index (χ1) is 14.6. The molecule has 3 rings (SSSR count). The molecular formula is C27H44O4. The molecule has 5 atom stereocenters. The van der Waals surface area contributed by atoms with Crippen LogP contribution in [0.1, 0.15) is 85.0 Å². The Bertz CT molecular complexity index is 674. The normalized spacial score (nSPS) is 35.3. The summed E-state index contributed by atoms with van der Waals surface area (Å²) in [6.45, 7) is 11.8. The van der Waals surface area contributed by atoms with Gasteiger partial charge >= 0.3 is 0 Å². The molecule has 0 bridgehead atoms. The summed E-state index contributed by atoms with van der Waals surface area (Å²) < 4.78 is 5.92. The van der Waals surface area contributed by atoms with Crippen LogP contribution in [-0.4, -0.2) is 46.3 Å². The van der Waals surface area contributed by atoms with Gasteiger partial charge in [-0.25, -0.2) is 0 Å². The van der Waals surface area contributed by atoms with E-state index in [-0.39, 0.29) is 5.41 Å². The molecule has 0 aliphatic heterocycles. The highest BCUT2D eigenvalue weighted by Gasteiger charge is 2.49. The zero-order chi connectivity index (χ0) is 22.6. The largest absolute Gasteiger partial charge is 0.393 e. The van der Waals surface area contributed by atoms with Crippen LogP contribution < -0.4 is 0 Å². The third-order valence-electron chi connectivity index (χ3n) is 7.89. The number of aliphatic hydroxyl groups excluding tert-OH is 2. The molecule has 3 fully saturated rings. The minimum absolute atomic E-state index is 0.252. The Hall–Kier alpha value is -0.940. The number of hydrogen-bond acceptors (Lipinski definition) is 4. The van der Waals surface area contributed by atoms with E-state index < -0.39 is 17.8 Å². The molecule has 3 N–H and O–H groups in total. The van der Waals surface area contributed by atoms with E-state index in [0.717, 1.165) is 19.3 Å². The summed E-state index contributed by atoms with van der Waals surface area (Å²) in [4.78, 5) is 0. The van der Waals surface area contributed by atoms with Gasteiger partial charge in [-0.2, -0.15) is 0 Å². The second-order valence-electron chi connectivity index (χ2n) is 11.2. The molecule has 0 aromatic heterocycles. The topological polar surface area (TPSA) is 69.9 Å². The van der Waals surface area contributed by atoms with Crippen molar-refractivity contribution < 1.29 is 20.1 Å². The van der Waals surface area contributed by atoms with E-state index in [1.54, 1.807) is 0 Å².